The van der Waals surface area contributed by atoms with E-state index in [4.69, 9.17) is 14.2 Å². The molecule has 1 N–H and O–H groups in total. The van der Waals surface area contributed by atoms with Gasteiger partial charge in [0.2, 0.25) is 0 Å². The summed E-state index contributed by atoms with van der Waals surface area (Å²) in [7, 11) is -4.13. The molecule has 0 aromatic heterocycles. The van der Waals surface area contributed by atoms with E-state index >= 15 is 0 Å². The molecule has 1 aliphatic rings. The Bertz CT molecular complexity index is 925. The van der Waals surface area contributed by atoms with Crippen molar-refractivity contribution in [2.45, 2.75) is 11.8 Å². The van der Waals surface area contributed by atoms with Crippen LogP contribution in [0, 0.1) is 0 Å². The van der Waals surface area contributed by atoms with Gasteiger partial charge in [0.1, 0.15) is 25.5 Å². The molecule has 0 spiro atoms. The van der Waals surface area contributed by atoms with Gasteiger partial charge in [-0.25, -0.2) is 8.42 Å². The quantitative estimate of drug-likeness (QED) is 0.769. The van der Waals surface area contributed by atoms with Gasteiger partial charge in [-0.05, 0) is 43.3 Å². The molecule has 0 atom stereocenters. The van der Waals surface area contributed by atoms with E-state index in [0.29, 0.717) is 37.1 Å². The van der Waals surface area contributed by atoms with Gasteiger partial charge in [-0.15, -0.1) is 0 Å². The summed E-state index contributed by atoms with van der Waals surface area (Å²) in [6.45, 7) is 2.28. The minimum Gasteiger partial charge on any atom is -0.494 e. The molecular weight excluding hydrogens is 374 g/mol. The number of nitrogens with zero attached hydrogens (tertiary/aromatic N) is 1. The van der Waals surface area contributed by atoms with E-state index in [1.165, 1.54) is 30.3 Å². The summed E-state index contributed by atoms with van der Waals surface area (Å²) < 4.78 is 43.2. The molecule has 144 valence electrons. The van der Waals surface area contributed by atoms with Crippen molar-refractivity contribution >= 4 is 21.7 Å². The van der Waals surface area contributed by atoms with E-state index in [1.807, 2.05) is 6.92 Å². The number of anilines is 1. The van der Waals surface area contributed by atoms with E-state index in [9.17, 15) is 18.3 Å². The van der Waals surface area contributed by atoms with Gasteiger partial charge in [0.05, 0.1) is 17.2 Å². The van der Waals surface area contributed by atoms with Crippen LogP contribution in [0.2, 0.25) is 0 Å². The Labute approximate surface area is 156 Å². The predicted octanol–water partition coefficient (Wildman–Crippen LogP) is 2.14. The van der Waals surface area contributed by atoms with Crippen molar-refractivity contribution in [3.63, 3.8) is 0 Å². The number of carbonyl (C=O) groups is 1. The topological polar surface area (TPSA) is 102 Å². The van der Waals surface area contributed by atoms with Crippen LogP contribution >= 0.6 is 0 Å². The second kappa shape index (κ2) is 7.75. The maximum absolute atomic E-state index is 13.1. The van der Waals surface area contributed by atoms with Gasteiger partial charge >= 0.3 is 5.97 Å². The number of fused-ring (bicyclic) bond motifs is 1. The summed E-state index contributed by atoms with van der Waals surface area (Å²) in [6.07, 6.45) is 0. The molecule has 9 heteroatoms. The largest absolute Gasteiger partial charge is 0.494 e. The van der Waals surface area contributed by atoms with Gasteiger partial charge in [-0.1, -0.05) is 0 Å². The molecule has 0 saturated heterocycles. The summed E-state index contributed by atoms with van der Waals surface area (Å²) >= 11 is 0. The van der Waals surface area contributed by atoms with Gasteiger partial charge < -0.3 is 19.3 Å². The van der Waals surface area contributed by atoms with Gasteiger partial charge in [-0.3, -0.25) is 9.10 Å². The Kier molecular flexibility index (Phi) is 5.41. The van der Waals surface area contributed by atoms with Crippen LogP contribution in [-0.2, 0) is 14.8 Å². The van der Waals surface area contributed by atoms with Crippen LogP contribution in [0.3, 0.4) is 0 Å². The number of benzene rings is 2. The third-order valence-corrected chi connectivity index (χ3v) is 5.59. The smallest absolute Gasteiger partial charge is 0.324 e. The van der Waals surface area contributed by atoms with E-state index in [-0.39, 0.29) is 10.6 Å². The fourth-order valence-electron chi connectivity index (χ4n) is 2.62. The van der Waals surface area contributed by atoms with Crippen LogP contribution < -0.4 is 18.5 Å². The summed E-state index contributed by atoms with van der Waals surface area (Å²) in [5, 5.41) is 9.21. The molecule has 0 radical (unpaired) electrons. The number of rotatable bonds is 7. The molecule has 0 fully saturated rings. The van der Waals surface area contributed by atoms with Crippen molar-refractivity contribution in [2.75, 3.05) is 30.7 Å². The Balaban J connectivity index is 1.99. The minimum atomic E-state index is -4.13. The van der Waals surface area contributed by atoms with E-state index in [2.05, 4.69) is 0 Å². The molecule has 0 saturated carbocycles. The molecule has 8 nitrogen and oxygen atoms in total. The molecule has 3 rings (SSSR count). The van der Waals surface area contributed by atoms with Gasteiger partial charge in [0, 0.05) is 6.07 Å². The second-order valence-electron chi connectivity index (χ2n) is 5.64. The zero-order valence-electron chi connectivity index (χ0n) is 14.6. The number of aliphatic carboxylic acids is 1. The van der Waals surface area contributed by atoms with Crippen LogP contribution in [0.15, 0.2) is 47.4 Å². The van der Waals surface area contributed by atoms with Crippen molar-refractivity contribution in [2.24, 2.45) is 0 Å². The Hall–Kier alpha value is -2.94. The number of carboxylic acid groups (broad SMARTS) is 1. The molecule has 0 bridgehead atoms. The highest BCUT2D eigenvalue weighted by Gasteiger charge is 2.28. The lowest BCUT2D eigenvalue weighted by atomic mass is 10.3. The molecule has 0 unspecified atom stereocenters. The molecular formula is C18H19NO7S. The highest BCUT2D eigenvalue weighted by Crippen LogP contribution is 2.34. The standard InChI is InChI=1S/C18H19NO7S/c1-2-24-14-5-3-13(4-6-14)19(12-18(20)21)27(22,23)15-7-8-16-17(11-15)26-10-9-25-16/h3-8,11H,2,9-10,12H2,1H3,(H,20,21). The first-order chi connectivity index (χ1) is 12.9. The van der Waals surface area contributed by atoms with Crippen LogP contribution in [0.5, 0.6) is 17.2 Å². The van der Waals surface area contributed by atoms with E-state index in [1.54, 1.807) is 12.1 Å². The summed E-state index contributed by atoms with van der Waals surface area (Å²) in [5.74, 6) is 0.0496. The van der Waals surface area contributed by atoms with Gasteiger partial charge in [0.25, 0.3) is 10.0 Å². The molecule has 2 aromatic rings. The van der Waals surface area contributed by atoms with Crippen molar-refractivity contribution in [3.05, 3.63) is 42.5 Å². The normalized spacial score (nSPS) is 13.1. The summed E-state index contributed by atoms with van der Waals surface area (Å²) in [5.41, 5.74) is 0.218. The first kappa shape index (κ1) is 18.8. The van der Waals surface area contributed by atoms with Crippen molar-refractivity contribution in [3.8, 4) is 17.2 Å². The fraction of sp³-hybridized carbons (Fsp3) is 0.278. The lowest BCUT2D eigenvalue weighted by Gasteiger charge is -2.24. The highest BCUT2D eigenvalue weighted by molar-refractivity contribution is 7.92. The summed E-state index contributed by atoms with van der Waals surface area (Å²) in [4.78, 5) is 11.2. The Morgan fingerprint density at radius 3 is 2.41 bits per heavy atom. The third-order valence-electron chi connectivity index (χ3n) is 3.82. The number of sulfonamides is 1. The van der Waals surface area contributed by atoms with Gasteiger partial charge in [0.15, 0.2) is 11.5 Å². The maximum Gasteiger partial charge on any atom is 0.324 e. The average molecular weight is 393 g/mol. The SMILES string of the molecule is CCOc1ccc(N(CC(=O)O)S(=O)(=O)c2ccc3c(c2)OCCO3)cc1. The Morgan fingerprint density at radius 2 is 1.78 bits per heavy atom. The van der Waals surface area contributed by atoms with Crippen LogP contribution in [0.4, 0.5) is 5.69 Å². The molecule has 1 aliphatic heterocycles. The minimum absolute atomic E-state index is 0.0816. The van der Waals surface area contributed by atoms with Crippen molar-refractivity contribution in [1.29, 1.82) is 0 Å². The maximum atomic E-state index is 13.1. The lowest BCUT2D eigenvalue weighted by Crippen LogP contribution is -2.35. The molecule has 27 heavy (non-hydrogen) atoms. The van der Waals surface area contributed by atoms with E-state index in [0.717, 1.165) is 4.31 Å². The zero-order chi connectivity index (χ0) is 19.4. The first-order valence-corrected chi connectivity index (χ1v) is 9.73. The summed E-state index contributed by atoms with van der Waals surface area (Å²) in [6, 6.07) is 10.4. The zero-order valence-corrected chi connectivity index (χ0v) is 15.4. The number of hydrogen-bond donors (Lipinski definition) is 1. The van der Waals surface area contributed by atoms with Crippen LogP contribution in [0.1, 0.15) is 6.92 Å². The molecule has 1 heterocycles. The third kappa shape index (κ3) is 4.08. The van der Waals surface area contributed by atoms with Crippen molar-refractivity contribution < 1.29 is 32.5 Å². The van der Waals surface area contributed by atoms with E-state index < -0.39 is 22.5 Å². The number of ether oxygens (including phenoxy) is 3. The molecule has 2 aromatic carbocycles. The van der Waals surface area contributed by atoms with Gasteiger partial charge in [-0.2, -0.15) is 0 Å². The number of carboxylic acids is 1. The first-order valence-electron chi connectivity index (χ1n) is 8.29. The second-order valence-corrected chi connectivity index (χ2v) is 7.50. The lowest BCUT2D eigenvalue weighted by molar-refractivity contribution is -0.135. The van der Waals surface area contributed by atoms with Crippen LogP contribution in [-0.4, -0.2) is 45.9 Å². The molecule has 0 amide bonds. The molecule has 0 aliphatic carbocycles. The fourth-order valence-corrected chi connectivity index (χ4v) is 4.05. The predicted molar refractivity (Wildman–Crippen MR) is 97.2 cm³/mol. The average Bonchev–Trinajstić information content (AvgIpc) is 2.66. The monoisotopic (exact) mass is 393 g/mol. The Morgan fingerprint density at radius 1 is 1.11 bits per heavy atom. The van der Waals surface area contributed by atoms with Crippen LogP contribution in [0.25, 0.3) is 0 Å². The highest BCUT2D eigenvalue weighted by atomic mass is 32.2. The van der Waals surface area contributed by atoms with Crippen molar-refractivity contribution in [1.82, 2.24) is 0 Å². The number of hydrogen-bond acceptors (Lipinski definition) is 6.